The summed E-state index contributed by atoms with van der Waals surface area (Å²) in [4.78, 5) is 33.2. The highest BCUT2D eigenvalue weighted by Gasteiger charge is 2.45. The number of carboxylic acids is 1. The first-order chi connectivity index (χ1) is 9.66. The zero-order valence-electron chi connectivity index (χ0n) is 12.8. The standard InChI is InChI=1S/C14H25N3O4/c1-8-10(16-7-6-11(18)17-13(15)21)5-4-9(12(19)20)14(8,2)3/h8-10,16H,4-7H2,1-3H3,(H,19,20)(H3,15,17,18,21). The van der Waals surface area contributed by atoms with Gasteiger partial charge in [0.15, 0.2) is 0 Å². The molecule has 3 atom stereocenters. The number of carbonyl (C=O) groups is 3. The van der Waals surface area contributed by atoms with Gasteiger partial charge in [0.05, 0.1) is 5.92 Å². The molecule has 7 heteroatoms. The van der Waals surface area contributed by atoms with Crippen LogP contribution in [-0.2, 0) is 9.59 Å². The van der Waals surface area contributed by atoms with E-state index >= 15 is 0 Å². The molecule has 0 spiro atoms. The number of hydrogen-bond donors (Lipinski definition) is 4. The first kappa shape index (κ1) is 17.4. The monoisotopic (exact) mass is 299 g/mol. The van der Waals surface area contributed by atoms with Crippen LogP contribution in [0, 0.1) is 17.3 Å². The fraction of sp³-hybridized carbons (Fsp3) is 0.786. The van der Waals surface area contributed by atoms with E-state index in [1.54, 1.807) is 0 Å². The summed E-state index contributed by atoms with van der Waals surface area (Å²) in [6, 6.07) is -0.687. The summed E-state index contributed by atoms with van der Waals surface area (Å²) in [5, 5.41) is 14.6. The number of carboxylic acid groups (broad SMARTS) is 1. The average molecular weight is 299 g/mol. The molecule has 0 aromatic heterocycles. The third-order valence-electron chi connectivity index (χ3n) is 4.76. The van der Waals surface area contributed by atoms with E-state index in [-0.39, 0.29) is 29.7 Å². The van der Waals surface area contributed by atoms with Crippen molar-refractivity contribution < 1.29 is 19.5 Å². The number of imide groups is 1. The van der Waals surface area contributed by atoms with Crippen LogP contribution >= 0.6 is 0 Å². The summed E-state index contributed by atoms with van der Waals surface area (Å²) in [7, 11) is 0. The lowest BCUT2D eigenvalue weighted by Crippen LogP contribution is -2.51. The third kappa shape index (κ3) is 4.42. The second kappa shape index (κ2) is 6.89. The van der Waals surface area contributed by atoms with Gasteiger partial charge in [0.1, 0.15) is 0 Å². The number of hydrogen-bond acceptors (Lipinski definition) is 4. The topological polar surface area (TPSA) is 122 Å². The molecule has 21 heavy (non-hydrogen) atoms. The molecule has 0 bridgehead atoms. The maximum atomic E-state index is 11.3. The van der Waals surface area contributed by atoms with Gasteiger partial charge in [-0.15, -0.1) is 0 Å². The van der Waals surface area contributed by atoms with Crippen LogP contribution in [0.3, 0.4) is 0 Å². The van der Waals surface area contributed by atoms with E-state index in [1.165, 1.54) is 0 Å². The predicted molar refractivity (Wildman–Crippen MR) is 77.4 cm³/mol. The summed E-state index contributed by atoms with van der Waals surface area (Å²) in [5.74, 6) is -1.33. The molecule has 1 rings (SSSR count). The van der Waals surface area contributed by atoms with E-state index < -0.39 is 17.9 Å². The zero-order chi connectivity index (χ0) is 16.2. The van der Waals surface area contributed by atoms with Crippen molar-refractivity contribution in [3.8, 4) is 0 Å². The number of nitrogens with one attached hydrogen (secondary N) is 2. The molecule has 120 valence electrons. The molecule has 1 aliphatic carbocycles. The molecule has 0 aliphatic heterocycles. The minimum atomic E-state index is -0.850. The second-order valence-corrected chi connectivity index (χ2v) is 6.30. The number of primary amides is 1. The normalized spacial score (nSPS) is 27.9. The Morgan fingerprint density at radius 1 is 1.29 bits per heavy atom. The predicted octanol–water partition coefficient (Wildman–Crippen LogP) is 0.686. The zero-order valence-corrected chi connectivity index (χ0v) is 12.8. The van der Waals surface area contributed by atoms with Crippen LogP contribution < -0.4 is 16.4 Å². The first-order valence-corrected chi connectivity index (χ1v) is 7.21. The van der Waals surface area contributed by atoms with Crippen LogP contribution in [0.15, 0.2) is 0 Å². The summed E-state index contributed by atoms with van der Waals surface area (Å²) >= 11 is 0. The van der Waals surface area contributed by atoms with Crippen LogP contribution in [0.1, 0.15) is 40.0 Å². The molecule has 3 unspecified atom stereocenters. The molecule has 0 radical (unpaired) electrons. The van der Waals surface area contributed by atoms with Crippen molar-refractivity contribution >= 4 is 17.9 Å². The highest BCUT2D eigenvalue weighted by atomic mass is 16.4. The molecule has 1 aliphatic rings. The Hall–Kier alpha value is -1.63. The first-order valence-electron chi connectivity index (χ1n) is 7.21. The van der Waals surface area contributed by atoms with Crippen molar-refractivity contribution in [2.45, 2.75) is 46.1 Å². The molecule has 1 saturated carbocycles. The highest BCUT2D eigenvalue weighted by Crippen LogP contribution is 2.44. The van der Waals surface area contributed by atoms with Gasteiger partial charge in [-0.3, -0.25) is 14.9 Å². The Balaban J connectivity index is 2.49. The van der Waals surface area contributed by atoms with Gasteiger partial charge >= 0.3 is 12.0 Å². The Labute approximate surface area is 124 Å². The second-order valence-electron chi connectivity index (χ2n) is 6.30. The Kier molecular flexibility index (Phi) is 5.71. The van der Waals surface area contributed by atoms with E-state index in [9.17, 15) is 19.5 Å². The minimum Gasteiger partial charge on any atom is -0.481 e. The lowest BCUT2D eigenvalue weighted by Gasteiger charge is -2.46. The van der Waals surface area contributed by atoms with E-state index in [0.717, 1.165) is 6.42 Å². The quantitative estimate of drug-likeness (QED) is 0.595. The van der Waals surface area contributed by atoms with E-state index in [0.29, 0.717) is 13.0 Å². The Bertz CT molecular complexity index is 422. The van der Waals surface area contributed by atoms with Crippen LogP contribution in [-0.4, -0.2) is 35.6 Å². The van der Waals surface area contributed by atoms with Gasteiger partial charge < -0.3 is 16.2 Å². The van der Waals surface area contributed by atoms with Crippen molar-refractivity contribution in [3.05, 3.63) is 0 Å². The van der Waals surface area contributed by atoms with Crippen LogP contribution in [0.5, 0.6) is 0 Å². The number of amides is 3. The molecule has 0 aromatic rings. The molecule has 3 amide bonds. The van der Waals surface area contributed by atoms with Gasteiger partial charge in [-0.1, -0.05) is 20.8 Å². The number of urea groups is 1. The number of aliphatic carboxylic acids is 1. The Morgan fingerprint density at radius 3 is 2.43 bits per heavy atom. The summed E-state index contributed by atoms with van der Waals surface area (Å²) in [6.45, 7) is 6.42. The molecule has 0 heterocycles. The van der Waals surface area contributed by atoms with Gasteiger partial charge in [-0.2, -0.15) is 0 Å². The van der Waals surface area contributed by atoms with E-state index in [4.69, 9.17) is 5.73 Å². The van der Waals surface area contributed by atoms with Crippen molar-refractivity contribution in [2.24, 2.45) is 23.0 Å². The summed E-state index contributed by atoms with van der Waals surface area (Å²) < 4.78 is 0. The fourth-order valence-electron chi connectivity index (χ4n) is 3.10. The van der Waals surface area contributed by atoms with Gasteiger partial charge in [-0.25, -0.2) is 4.79 Å². The highest BCUT2D eigenvalue weighted by molar-refractivity contribution is 5.93. The van der Waals surface area contributed by atoms with Crippen LogP contribution in [0.2, 0.25) is 0 Å². The van der Waals surface area contributed by atoms with Crippen LogP contribution in [0.4, 0.5) is 4.79 Å². The lowest BCUT2D eigenvalue weighted by atomic mass is 9.61. The maximum absolute atomic E-state index is 11.3. The number of carbonyl (C=O) groups excluding carboxylic acids is 2. The molecular weight excluding hydrogens is 274 g/mol. The largest absolute Gasteiger partial charge is 0.481 e. The summed E-state index contributed by atoms with van der Waals surface area (Å²) in [5.41, 5.74) is 4.55. The minimum absolute atomic E-state index is 0.162. The number of rotatable bonds is 5. The molecular formula is C14H25N3O4. The molecule has 7 nitrogen and oxygen atoms in total. The van der Waals surface area contributed by atoms with Gasteiger partial charge in [0, 0.05) is 19.0 Å². The van der Waals surface area contributed by atoms with Gasteiger partial charge in [0.2, 0.25) is 5.91 Å². The number of nitrogens with two attached hydrogens (primary N) is 1. The maximum Gasteiger partial charge on any atom is 0.318 e. The molecule has 5 N–H and O–H groups in total. The lowest BCUT2D eigenvalue weighted by molar-refractivity contribution is -0.150. The smallest absolute Gasteiger partial charge is 0.318 e. The fourth-order valence-corrected chi connectivity index (χ4v) is 3.10. The molecule has 0 aromatic carbocycles. The van der Waals surface area contributed by atoms with Crippen molar-refractivity contribution in [2.75, 3.05) is 6.54 Å². The van der Waals surface area contributed by atoms with Crippen molar-refractivity contribution in [1.82, 2.24) is 10.6 Å². The molecule has 0 saturated heterocycles. The van der Waals surface area contributed by atoms with Crippen molar-refractivity contribution in [3.63, 3.8) is 0 Å². The van der Waals surface area contributed by atoms with Gasteiger partial charge in [0.25, 0.3) is 0 Å². The Morgan fingerprint density at radius 2 is 1.90 bits per heavy atom. The van der Waals surface area contributed by atoms with E-state index in [2.05, 4.69) is 5.32 Å². The summed E-state index contributed by atoms with van der Waals surface area (Å²) in [6.07, 6.45) is 1.55. The van der Waals surface area contributed by atoms with Crippen molar-refractivity contribution in [1.29, 1.82) is 0 Å². The average Bonchev–Trinajstić information content (AvgIpc) is 2.33. The molecule has 1 fully saturated rings. The SMILES string of the molecule is CC1C(NCCC(=O)NC(N)=O)CCC(C(=O)O)C1(C)C. The third-order valence-corrected chi connectivity index (χ3v) is 4.76. The van der Waals surface area contributed by atoms with Crippen LogP contribution in [0.25, 0.3) is 0 Å². The van der Waals surface area contributed by atoms with E-state index in [1.807, 2.05) is 26.1 Å². The van der Waals surface area contributed by atoms with Gasteiger partial charge in [-0.05, 0) is 24.2 Å².